The summed E-state index contributed by atoms with van der Waals surface area (Å²) < 4.78 is 7.72. The number of anilines is 1. The van der Waals surface area contributed by atoms with Crippen LogP contribution in [0.4, 0.5) is 5.13 Å². The minimum atomic E-state index is -0.151. The van der Waals surface area contributed by atoms with Gasteiger partial charge in [-0.05, 0) is 36.8 Å². The summed E-state index contributed by atoms with van der Waals surface area (Å²) >= 11 is 2.89. The van der Waals surface area contributed by atoms with Crippen molar-refractivity contribution in [3.05, 3.63) is 83.4 Å². The normalized spacial score (nSPS) is 11.1. The molecule has 0 N–H and O–H groups in total. The number of benzene rings is 3. The Bertz CT molecular complexity index is 1330. The first kappa shape index (κ1) is 19.7. The first-order chi connectivity index (χ1) is 15.2. The van der Waals surface area contributed by atoms with Gasteiger partial charge in [0.25, 0.3) is 5.91 Å². The molecule has 0 atom stereocenters. The highest BCUT2D eigenvalue weighted by Crippen LogP contribution is 2.36. The van der Waals surface area contributed by atoms with E-state index in [0.29, 0.717) is 23.3 Å². The third-order valence-corrected chi connectivity index (χ3v) is 6.87. The number of carbonyl (C=O) groups is 1. The lowest BCUT2D eigenvalue weighted by molar-refractivity contribution is 0.0985. The van der Waals surface area contributed by atoms with Gasteiger partial charge in [0, 0.05) is 0 Å². The summed E-state index contributed by atoms with van der Waals surface area (Å²) in [5, 5.41) is 1.09. The number of thiazole rings is 2. The minimum Gasteiger partial charge on any atom is -0.492 e. The van der Waals surface area contributed by atoms with Crippen molar-refractivity contribution in [1.29, 1.82) is 0 Å². The fourth-order valence-electron chi connectivity index (χ4n) is 3.37. The number of fused-ring (bicyclic) bond motifs is 2. The third kappa shape index (κ3) is 3.89. The Balaban J connectivity index is 1.59. The fourth-order valence-corrected chi connectivity index (χ4v) is 5.27. The summed E-state index contributed by atoms with van der Waals surface area (Å²) in [6, 6.07) is 23.6. The molecular weight excluding hydrogens is 426 g/mol. The molecule has 3 aromatic carbocycles. The standard InChI is InChI=1S/C24H19N3O2S2/c1-2-29-18-12-8-14-20-21(18)26-24(31-20)27(15-16-9-4-3-5-10-16)23(28)22-25-17-11-6-7-13-19(17)30-22/h3-14H,2,15H2,1H3. The van der Waals surface area contributed by atoms with E-state index in [-0.39, 0.29) is 5.91 Å². The molecule has 0 aliphatic rings. The van der Waals surface area contributed by atoms with Crippen LogP contribution in [0.1, 0.15) is 22.3 Å². The van der Waals surface area contributed by atoms with Crippen LogP contribution in [0, 0.1) is 0 Å². The summed E-state index contributed by atoms with van der Waals surface area (Å²) in [6.07, 6.45) is 0. The lowest BCUT2D eigenvalue weighted by atomic mass is 10.2. The highest BCUT2D eigenvalue weighted by atomic mass is 32.1. The van der Waals surface area contributed by atoms with Gasteiger partial charge in [0.05, 0.1) is 28.1 Å². The molecule has 154 valence electrons. The Morgan fingerprint density at radius 3 is 2.48 bits per heavy atom. The summed E-state index contributed by atoms with van der Waals surface area (Å²) in [6.45, 7) is 2.92. The molecule has 0 unspecified atom stereocenters. The molecular formula is C24H19N3O2S2. The number of hydrogen-bond donors (Lipinski definition) is 0. The van der Waals surface area contributed by atoms with E-state index in [9.17, 15) is 4.79 Å². The number of carbonyl (C=O) groups excluding carboxylic acids is 1. The molecule has 0 saturated heterocycles. The quantitative estimate of drug-likeness (QED) is 0.314. The van der Waals surface area contributed by atoms with Crippen molar-refractivity contribution in [2.75, 3.05) is 11.5 Å². The number of ether oxygens (including phenoxy) is 1. The molecule has 2 aromatic heterocycles. The van der Waals surface area contributed by atoms with E-state index in [1.54, 1.807) is 4.90 Å². The van der Waals surface area contributed by atoms with Crippen LogP contribution in [0.15, 0.2) is 72.8 Å². The Morgan fingerprint density at radius 1 is 0.903 bits per heavy atom. The second-order valence-electron chi connectivity index (χ2n) is 6.90. The first-order valence-corrected chi connectivity index (χ1v) is 11.6. The van der Waals surface area contributed by atoms with Crippen molar-refractivity contribution in [3.63, 3.8) is 0 Å². The second-order valence-corrected chi connectivity index (χ2v) is 8.94. The molecule has 0 spiro atoms. The van der Waals surface area contributed by atoms with Crippen LogP contribution < -0.4 is 9.64 Å². The molecule has 0 bridgehead atoms. The van der Waals surface area contributed by atoms with Gasteiger partial charge < -0.3 is 4.74 Å². The number of rotatable bonds is 6. The predicted octanol–water partition coefficient (Wildman–Crippen LogP) is 6.15. The van der Waals surface area contributed by atoms with Crippen molar-refractivity contribution in [1.82, 2.24) is 9.97 Å². The van der Waals surface area contributed by atoms with Gasteiger partial charge in [0.1, 0.15) is 11.3 Å². The van der Waals surface area contributed by atoms with E-state index in [1.165, 1.54) is 22.7 Å². The average Bonchev–Trinajstić information content (AvgIpc) is 3.43. The van der Waals surface area contributed by atoms with Crippen molar-refractivity contribution < 1.29 is 9.53 Å². The Kier molecular flexibility index (Phi) is 5.36. The van der Waals surface area contributed by atoms with Gasteiger partial charge in [0.2, 0.25) is 0 Å². The van der Waals surface area contributed by atoms with Gasteiger partial charge in [-0.3, -0.25) is 9.69 Å². The molecule has 0 aliphatic carbocycles. The van der Waals surface area contributed by atoms with Crippen molar-refractivity contribution >= 4 is 54.1 Å². The highest BCUT2D eigenvalue weighted by molar-refractivity contribution is 7.23. The molecule has 0 radical (unpaired) electrons. The Labute approximate surface area is 187 Å². The topological polar surface area (TPSA) is 55.3 Å². The van der Waals surface area contributed by atoms with E-state index >= 15 is 0 Å². The third-order valence-electron chi connectivity index (χ3n) is 4.81. The number of para-hydroxylation sites is 2. The summed E-state index contributed by atoms with van der Waals surface area (Å²) in [5.41, 5.74) is 2.64. The van der Waals surface area contributed by atoms with Gasteiger partial charge in [-0.1, -0.05) is 59.9 Å². The van der Waals surface area contributed by atoms with E-state index < -0.39 is 0 Å². The fraction of sp³-hybridized carbons (Fsp3) is 0.125. The van der Waals surface area contributed by atoms with E-state index in [1.807, 2.05) is 79.7 Å². The van der Waals surface area contributed by atoms with Crippen molar-refractivity contribution in [2.45, 2.75) is 13.5 Å². The summed E-state index contributed by atoms with van der Waals surface area (Å²) in [7, 11) is 0. The molecule has 1 amide bonds. The molecule has 5 rings (SSSR count). The maximum absolute atomic E-state index is 13.6. The van der Waals surface area contributed by atoms with E-state index in [2.05, 4.69) is 4.98 Å². The molecule has 0 aliphatic heterocycles. The smallest absolute Gasteiger partial charge is 0.289 e. The lowest BCUT2D eigenvalue weighted by Gasteiger charge is -2.18. The van der Waals surface area contributed by atoms with E-state index in [4.69, 9.17) is 9.72 Å². The largest absolute Gasteiger partial charge is 0.492 e. The number of aromatic nitrogens is 2. The molecule has 0 fully saturated rings. The van der Waals surface area contributed by atoms with Gasteiger partial charge in [0.15, 0.2) is 10.1 Å². The molecule has 2 heterocycles. The summed E-state index contributed by atoms with van der Waals surface area (Å²) in [5.74, 6) is 0.580. The molecule has 0 saturated carbocycles. The Hall–Kier alpha value is -3.29. The highest BCUT2D eigenvalue weighted by Gasteiger charge is 2.25. The van der Waals surface area contributed by atoms with Crippen LogP contribution in [0.3, 0.4) is 0 Å². The van der Waals surface area contributed by atoms with Gasteiger partial charge in [-0.15, -0.1) is 11.3 Å². The lowest BCUT2D eigenvalue weighted by Crippen LogP contribution is -2.30. The zero-order valence-corrected chi connectivity index (χ0v) is 18.5. The van der Waals surface area contributed by atoms with Crippen molar-refractivity contribution in [3.8, 4) is 5.75 Å². The number of hydrogen-bond acceptors (Lipinski definition) is 6. The van der Waals surface area contributed by atoms with Crippen LogP contribution >= 0.6 is 22.7 Å². The van der Waals surface area contributed by atoms with Crippen LogP contribution in [0.25, 0.3) is 20.4 Å². The van der Waals surface area contributed by atoms with Crippen molar-refractivity contribution in [2.24, 2.45) is 0 Å². The number of amides is 1. The van der Waals surface area contributed by atoms with Crippen LogP contribution in [-0.4, -0.2) is 22.5 Å². The monoisotopic (exact) mass is 445 g/mol. The van der Waals surface area contributed by atoms with Crippen LogP contribution in [0.5, 0.6) is 5.75 Å². The maximum Gasteiger partial charge on any atom is 0.289 e. The van der Waals surface area contributed by atoms with Gasteiger partial charge in [-0.25, -0.2) is 9.97 Å². The van der Waals surface area contributed by atoms with Gasteiger partial charge >= 0.3 is 0 Å². The maximum atomic E-state index is 13.6. The second kappa shape index (κ2) is 8.45. The zero-order chi connectivity index (χ0) is 21.2. The minimum absolute atomic E-state index is 0.151. The van der Waals surface area contributed by atoms with Crippen LogP contribution in [-0.2, 0) is 6.54 Å². The first-order valence-electron chi connectivity index (χ1n) is 9.96. The molecule has 31 heavy (non-hydrogen) atoms. The predicted molar refractivity (Wildman–Crippen MR) is 127 cm³/mol. The van der Waals surface area contributed by atoms with Gasteiger partial charge in [-0.2, -0.15) is 0 Å². The van der Waals surface area contributed by atoms with E-state index in [0.717, 1.165) is 31.7 Å². The van der Waals surface area contributed by atoms with Crippen LogP contribution in [0.2, 0.25) is 0 Å². The SMILES string of the molecule is CCOc1cccc2sc(N(Cc3ccccc3)C(=O)c3nc4ccccc4s3)nc12. The average molecular weight is 446 g/mol. The Morgan fingerprint density at radius 2 is 1.68 bits per heavy atom. The zero-order valence-electron chi connectivity index (χ0n) is 16.8. The molecule has 5 aromatic rings. The molecule has 7 heteroatoms. The summed E-state index contributed by atoms with van der Waals surface area (Å²) in [4.78, 5) is 24.7. The number of nitrogens with zero attached hydrogens (tertiary/aromatic N) is 3. The molecule has 5 nitrogen and oxygen atoms in total.